The number of hydrogen-bond donors (Lipinski definition) is 0. The minimum absolute atomic E-state index is 0.0181. The minimum Gasteiger partial charge on any atom is -0.375 e. The lowest BCUT2D eigenvalue weighted by molar-refractivity contribution is -0.240. The van der Waals surface area contributed by atoms with Gasteiger partial charge in [-0.15, -0.1) is 0 Å². The molecule has 1 heterocycles. The van der Waals surface area contributed by atoms with Gasteiger partial charge >= 0.3 is 0 Å². The zero-order chi connectivity index (χ0) is 24.1. The van der Waals surface area contributed by atoms with Crippen LogP contribution < -0.4 is 0 Å². The summed E-state index contributed by atoms with van der Waals surface area (Å²) in [5.74, 6) is -0.0181. The van der Waals surface area contributed by atoms with E-state index in [2.05, 4.69) is 55.5 Å². The maximum absolute atomic E-state index is 6.57. The fraction of sp³-hybridized carbons (Fsp3) is 0.600. The van der Waals surface area contributed by atoms with Gasteiger partial charge in [0.05, 0.1) is 50.7 Å². The molecule has 0 amide bonds. The van der Waals surface area contributed by atoms with Crippen LogP contribution in [0.1, 0.15) is 63.0 Å². The molecule has 0 N–H and O–H groups in total. The second kappa shape index (κ2) is 14.7. The molecular formula is C30H42O5. The van der Waals surface area contributed by atoms with Crippen LogP contribution in [0.5, 0.6) is 0 Å². The van der Waals surface area contributed by atoms with Gasteiger partial charge in [-0.3, -0.25) is 0 Å². The molecule has 0 aromatic heterocycles. The van der Waals surface area contributed by atoms with Crippen LogP contribution in [-0.2, 0) is 36.9 Å². The lowest BCUT2D eigenvalue weighted by atomic mass is 10.0. The lowest BCUT2D eigenvalue weighted by Gasteiger charge is -2.35. The van der Waals surface area contributed by atoms with Gasteiger partial charge in [0.25, 0.3) is 0 Å². The monoisotopic (exact) mass is 482 g/mol. The summed E-state index contributed by atoms with van der Waals surface area (Å²) in [7, 11) is 0. The normalized spacial score (nSPS) is 25.2. The van der Waals surface area contributed by atoms with Crippen LogP contribution in [0.4, 0.5) is 0 Å². The highest BCUT2D eigenvalue weighted by Crippen LogP contribution is 2.39. The highest BCUT2D eigenvalue weighted by atomic mass is 16.7. The summed E-state index contributed by atoms with van der Waals surface area (Å²) in [4.78, 5) is 0. The molecule has 5 nitrogen and oxygen atoms in total. The molecule has 2 fully saturated rings. The highest BCUT2D eigenvalue weighted by Gasteiger charge is 2.50. The van der Waals surface area contributed by atoms with Gasteiger partial charge in [0.15, 0.2) is 6.29 Å². The second-order valence-corrected chi connectivity index (χ2v) is 9.70. The largest absolute Gasteiger partial charge is 0.375 e. The van der Waals surface area contributed by atoms with Crippen molar-refractivity contribution in [3.05, 3.63) is 71.8 Å². The first-order chi connectivity index (χ1) is 17.3. The first-order valence-electron chi connectivity index (χ1n) is 13.5. The molecule has 35 heavy (non-hydrogen) atoms. The number of rotatable bonds is 14. The highest BCUT2D eigenvalue weighted by molar-refractivity contribution is 5.14. The van der Waals surface area contributed by atoms with Crippen molar-refractivity contribution in [2.75, 3.05) is 19.8 Å². The van der Waals surface area contributed by atoms with E-state index in [9.17, 15) is 0 Å². The van der Waals surface area contributed by atoms with Gasteiger partial charge in [-0.05, 0) is 24.0 Å². The second-order valence-electron chi connectivity index (χ2n) is 9.70. The molecular weight excluding hydrogens is 440 g/mol. The van der Waals surface area contributed by atoms with Gasteiger partial charge in [0, 0.05) is 13.0 Å². The number of benzene rings is 2. The predicted molar refractivity (Wildman–Crippen MR) is 137 cm³/mol. The molecule has 0 spiro atoms. The Morgan fingerprint density at radius 2 is 1.31 bits per heavy atom. The van der Waals surface area contributed by atoms with E-state index < -0.39 is 0 Å². The van der Waals surface area contributed by atoms with Crippen molar-refractivity contribution in [2.45, 2.75) is 89.7 Å². The average Bonchev–Trinajstić information content (AvgIpc) is 3.27. The number of hydrogen-bond acceptors (Lipinski definition) is 5. The first kappa shape index (κ1) is 26.3. The number of ether oxygens (including phenoxy) is 5. The van der Waals surface area contributed by atoms with Gasteiger partial charge < -0.3 is 23.7 Å². The summed E-state index contributed by atoms with van der Waals surface area (Å²) in [6.45, 7) is 5.52. The molecule has 1 aliphatic carbocycles. The van der Waals surface area contributed by atoms with E-state index in [1.54, 1.807) is 0 Å². The molecule has 2 aromatic carbocycles. The van der Waals surface area contributed by atoms with Crippen LogP contribution in [0.15, 0.2) is 60.7 Å². The lowest BCUT2D eigenvalue weighted by Crippen LogP contribution is -2.44. The summed E-state index contributed by atoms with van der Waals surface area (Å²) >= 11 is 0. The molecule has 2 aromatic rings. The Morgan fingerprint density at radius 3 is 1.94 bits per heavy atom. The summed E-state index contributed by atoms with van der Waals surface area (Å²) in [5, 5.41) is 0. The summed E-state index contributed by atoms with van der Waals surface area (Å²) < 4.78 is 31.8. The predicted octanol–water partition coefficient (Wildman–Crippen LogP) is 6.30. The summed E-state index contributed by atoms with van der Waals surface area (Å²) in [6, 6.07) is 20.7. The smallest absolute Gasteiger partial charge is 0.165 e. The quantitative estimate of drug-likeness (QED) is 0.296. The molecule has 0 bridgehead atoms. The van der Waals surface area contributed by atoms with Gasteiger partial charge in [0.1, 0.15) is 0 Å². The maximum atomic E-state index is 6.57. The molecule has 2 aliphatic rings. The molecule has 4 atom stereocenters. The Kier molecular flexibility index (Phi) is 11.1. The van der Waals surface area contributed by atoms with Gasteiger partial charge in [0.2, 0.25) is 0 Å². The van der Waals surface area contributed by atoms with E-state index in [1.165, 1.54) is 36.8 Å². The zero-order valence-corrected chi connectivity index (χ0v) is 21.2. The Bertz CT molecular complexity index is 808. The maximum Gasteiger partial charge on any atom is 0.165 e. The van der Waals surface area contributed by atoms with Crippen molar-refractivity contribution < 1.29 is 23.7 Å². The van der Waals surface area contributed by atoms with Gasteiger partial charge in [-0.25, -0.2) is 0 Å². The molecule has 1 aliphatic heterocycles. The molecule has 0 unspecified atom stereocenters. The Morgan fingerprint density at radius 1 is 0.714 bits per heavy atom. The third-order valence-electron chi connectivity index (χ3n) is 6.98. The van der Waals surface area contributed by atoms with Gasteiger partial charge in [-0.2, -0.15) is 0 Å². The molecule has 4 rings (SSSR count). The van der Waals surface area contributed by atoms with E-state index in [-0.39, 0.29) is 30.5 Å². The van der Waals surface area contributed by atoms with E-state index in [0.717, 1.165) is 25.9 Å². The van der Waals surface area contributed by atoms with Crippen LogP contribution in [0, 0.1) is 5.92 Å². The van der Waals surface area contributed by atoms with Crippen molar-refractivity contribution in [2.24, 2.45) is 5.92 Å². The van der Waals surface area contributed by atoms with Crippen LogP contribution >= 0.6 is 0 Å². The van der Waals surface area contributed by atoms with Crippen molar-refractivity contribution in [1.29, 1.82) is 0 Å². The molecule has 1 saturated heterocycles. The summed E-state index contributed by atoms with van der Waals surface area (Å²) in [5.41, 5.74) is 2.33. The Hall–Kier alpha value is -1.76. The first-order valence-corrected chi connectivity index (χ1v) is 13.5. The SMILES string of the molecule is CCCCCCCO[C@@H]1[C@@H](C2OCCCO2)[C@@H](OCc2ccccc2)C[C@H]1OCc1ccccc1. The fourth-order valence-corrected chi connectivity index (χ4v) is 5.08. The average molecular weight is 483 g/mol. The number of unbranched alkanes of at least 4 members (excludes halogenated alkanes) is 4. The van der Waals surface area contributed by atoms with Crippen molar-refractivity contribution in [1.82, 2.24) is 0 Å². The minimum atomic E-state index is -0.319. The Labute approximate surface area is 211 Å². The third kappa shape index (κ3) is 8.12. The van der Waals surface area contributed by atoms with E-state index in [4.69, 9.17) is 23.7 Å². The van der Waals surface area contributed by atoms with Crippen molar-refractivity contribution >= 4 is 0 Å². The van der Waals surface area contributed by atoms with E-state index in [1.807, 2.05) is 12.1 Å². The van der Waals surface area contributed by atoms with E-state index >= 15 is 0 Å². The van der Waals surface area contributed by atoms with Gasteiger partial charge in [-0.1, -0.05) is 93.3 Å². The van der Waals surface area contributed by atoms with Crippen molar-refractivity contribution in [3.8, 4) is 0 Å². The molecule has 5 heteroatoms. The zero-order valence-electron chi connectivity index (χ0n) is 21.2. The van der Waals surface area contributed by atoms with Crippen LogP contribution in [-0.4, -0.2) is 44.4 Å². The summed E-state index contributed by atoms with van der Waals surface area (Å²) in [6.07, 6.45) is 7.21. The van der Waals surface area contributed by atoms with E-state index in [0.29, 0.717) is 26.4 Å². The van der Waals surface area contributed by atoms with Crippen LogP contribution in [0.2, 0.25) is 0 Å². The third-order valence-corrected chi connectivity index (χ3v) is 6.98. The fourth-order valence-electron chi connectivity index (χ4n) is 5.08. The Balaban J connectivity index is 1.45. The standard InChI is InChI=1S/C30H42O5/c1-2-3-4-5-12-18-31-29-27(35-23-25-16-10-7-11-17-25)21-26(28(29)30-32-19-13-20-33-30)34-22-24-14-8-6-9-15-24/h6-11,14-17,26-30H,2-5,12-13,18-23H2,1H3/t26-,27+,28-,29-/m0/s1. The van der Waals surface area contributed by atoms with Crippen molar-refractivity contribution in [3.63, 3.8) is 0 Å². The molecule has 192 valence electrons. The molecule has 1 saturated carbocycles. The van der Waals surface area contributed by atoms with Crippen LogP contribution in [0.25, 0.3) is 0 Å². The topological polar surface area (TPSA) is 46.2 Å². The molecule has 0 radical (unpaired) electrons. The van der Waals surface area contributed by atoms with Crippen LogP contribution in [0.3, 0.4) is 0 Å².